The van der Waals surface area contributed by atoms with Crippen LogP contribution in [0.2, 0.25) is 0 Å². The van der Waals surface area contributed by atoms with Crippen molar-refractivity contribution in [1.82, 2.24) is 4.98 Å². The molecule has 1 aliphatic heterocycles. The van der Waals surface area contributed by atoms with Crippen LogP contribution in [0.3, 0.4) is 0 Å². The van der Waals surface area contributed by atoms with Gasteiger partial charge in [0.25, 0.3) is 0 Å². The van der Waals surface area contributed by atoms with Crippen molar-refractivity contribution in [3.8, 4) is 6.07 Å². The van der Waals surface area contributed by atoms with E-state index < -0.39 is 0 Å². The molecule has 2 heterocycles. The van der Waals surface area contributed by atoms with Gasteiger partial charge in [0, 0.05) is 18.3 Å². The minimum Gasteiger partial charge on any atom is -0.352 e. The van der Waals surface area contributed by atoms with Crippen molar-refractivity contribution >= 4 is 5.82 Å². The molecule has 1 saturated carbocycles. The SMILES string of the molecule is N#Cc1cc2c(nc1N1CCCC1C1CCCC1)CCC2. The van der Waals surface area contributed by atoms with Gasteiger partial charge in [-0.3, -0.25) is 0 Å². The van der Waals surface area contributed by atoms with Crippen LogP contribution in [0.4, 0.5) is 5.82 Å². The van der Waals surface area contributed by atoms with E-state index in [4.69, 9.17) is 4.98 Å². The highest BCUT2D eigenvalue weighted by atomic mass is 15.2. The number of nitriles is 1. The van der Waals surface area contributed by atoms with Crippen molar-refractivity contribution in [3.05, 3.63) is 22.9 Å². The zero-order valence-electron chi connectivity index (χ0n) is 12.6. The van der Waals surface area contributed by atoms with Crippen LogP contribution in [-0.2, 0) is 12.8 Å². The van der Waals surface area contributed by atoms with Gasteiger partial charge in [-0.2, -0.15) is 5.26 Å². The number of hydrogen-bond donors (Lipinski definition) is 0. The highest BCUT2D eigenvalue weighted by Gasteiger charge is 2.35. The van der Waals surface area contributed by atoms with Gasteiger partial charge in [-0.15, -0.1) is 0 Å². The summed E-state index contributed by atoms with van der Waals surface area (Å²) in [6.07, 6.45) is 11.4. The molecule has 3 heteroatoms. The Hall–Kier alpha value is -1.56. The van der Waals surface area contributed by atoms with Crippen molar-refractivity contribution in [2.75, 3.05) is 11.4 Å². The number of fused-ring (bicyclic) bond motifs is 1. The lowest BCUT2D eigenvalue weighted by Crippen LogP contribution is -2.36. The van der Waals surface area contributed by atoms with E-state index in [1.807, 2.05) is 0 Å². The van der Waals surface area contributed by atoms with Gasteiger partial charge < -0.3 is 4.90 Å². The van der Waals surface area contributed by atoms with Crippen molar-refractivity contribution in [1.29, 1.82) is 5.26 Å². The third-order valence-corrected chi connectivity index (χ3v) is 5.67. The van der Waals surface area contributed by atoms with Gasteiger partial charge in [-0.25, -0.2) is 4.98 Å². The van der Waals surface area contributed by atoms with E-state index in [0.717, 1.165) is 36.7 Å². The Morgan fingerprint density at radius 1 is 1.10 bits per heavy atom. The average molecular weight is 281 g/mol. The minimum absolute atomic E-state index is 0.631. The minimum atomic E-state index is 0.631. The summed E-state index contributed by atoms with van der Waals surface area (Å²) in [5, 5.41) is 9.54. The van der Waals surface area contributed by atoms with E-state index in [1.54, 1.807) is 0 Å². The van der Waals surface area contributed by atoms with Crippen LogP contribution in [0.1, 0.15) is 61.8 Å². The van der Waals surface area contributed by atoms with Gasteiger partial charge in [-0.05, 0) is 62.5 Å². The highest BCUT2D eigenvalue weighted by molar-refractivity contribution is 5.58. The van der Waals surface area contributed by atoms with Gasteiger partial charge in [0.05, 0.1) is 5.56 Å². The van der Waals surface area contributed by atoms with E-state index in [0.29, 0.717) is 6.04 Å². The molecule has 1 saturated heterocycles. The molecule has 0 radical (unpaired) electrons. The Balaban J connectivity index is 1.70. The maximum Gasteiger partial charge on any atom is 0.147 e. The topological polar surface area (TPSA) is 39.9 Å². The first-order valence-corrected chi connectivity index (χ1v) is 8.56. The van der Waals surface area contributed by atoms with E-state index >= 15 is 0 Å². The summed E-state index contributed by atoms with van der Waals surface area (Å²) in [5.41, 5.74) is 3.37. The molecule has 1 atom stereocenters. The van der Waals surface area contributed by atoms with Crippen LogP contribution >= 0.6 is 0 Å². The number of aromatic nitrogens is 1. The fraction of sp³-hybridized carbons (Fsp3) is 0.667. The summed E-state index contributed by atoms with van der Waals surface area (Å²) in [7, 11) is 0. The summed E-state index contributed by atoms with van der Waals surface area (Å²) in [5.74, 6) is 1.82. The molecule has 0 amide bonds. The van der Waals surface area contributed by atoms with E-state index in [2.05, 4.69) is 17.0 Å². The van der Waals surface area contributed by atoms with Gasteiger partial charge in [0.1, 0.15) is 11.9 Å². The maximum absolute atomic E-state index is 9.54. The van der Waals surface area contributed by atoms with Crippen LogP contribution < -0.4 is 4.90 Å². The zero-order valence-corrected chi connectivity index (χ0v) is 12.6. The Kier molecular flexibility index (Phi) is 3.33. The molecule has 3 nitrogen and oxygen atoms in total. The predicted octanol–water partition coefficient (Wildman–Crippen LogP) is 3.60. The van der Waals surface area contributed by atoms with Gasteiger partial charge in [0.2, 0.25) is 0 Å². The monoisotopic (exact) mass is 281 g/mol. The summed E-state index contributed by atoms with van der Waals surface area (Å²) in [6.45, 7) is 1.08. The van der Waals surface area contributed by atoms with Crippen molar-refractivity contribution in [3.63, 3.8) is 0 Å². The lowest BCUT2D eigenvalue weighted by atomic mass is 9.95. The molecule has 0 aromatic carbocycles. The van der Waals surface area contributed by atoms with Crippen LogP contribution in [0.5, 0.6) is 0 Å². The van der Waals surface area contributed by atoms with Crippen LogP contribution in [0, 0.1) is 17.2 Å². The number of anilines is 1. The molecule has 4 rings (SSSR count). The number of aryl methyl sites for hydroxylation is 2. The molecule has 0 bridgehead atoms. The van der Waals surface area contributed by atoms with E-state index in [1.165, 1.54) is 56.2 Å². The van der Waals surface area contributed by atoms with Crippen molar-refractivity contribution in [2.24, 2.45) is 5.92 Å². The summed E-state index contributed by atoms with van der Waals surface area (Å²) in [6, 6.07) is 5.16. The molecule has 0 spiro atoms. The zero-order chi connectivity index (χ0) is 14.2. The Bertz CT molecular complexity index is 581. The fourth-order valence-corrected chi connectivity index (χ4v) is 4.65. The molecular weight excluding hydrogens is 258 g/mol. The molecule has 3 aliphatic rings. The first kappa shape index (κ1) is 13.1. The second-order valence-electron chi connectivity index (χ2n) is 6.88. The lowest BCUT2D eigenvalue weighted by Gasteiger charge is -2.31. The Labute approximate surface area is 127 Å². The predicted molar refractivity (Wildman–Crippen MR) is 83.3 cm³/mol. The number of rotatable bonds is 2. The summed E-state index contributed by atoms with van der Waals surface area (Å²) >= 11 is 0. The van der Waals surface area contributed by atoms with Gasteiger partial charge >= 0.3 is 0 Å². The maximum atomic E-state index is 9.54. The standard InChI is InChI=1S/C18H23N3/c19-12-15-11-14-7-3-8-16(14)20-18(15)21-10-4-9-17(21)13-5-1-2-6-13/h11,13,17H,1-10H2. The van der Waals surface area contributed by atoms with E-state index in [9.17, 15) is 5.26 Å². The molecule has 0 N–H and O–H groups in total. The number of pyridine rings is 1. The van der Waals surface area contributed by atoms with Crippen molar-refractivity contribution in [2.45, 2.75) is 63.8 Å². The summed E-state index contributed by atoms with van der Waals surface area (Å²) < 4.78 is 0. The number of nitrogens with zero attached hydrogens (tertiary/aromatic N) is 3. The second kappa shape index (κ2) is 5.33. The van der Waals surface area contributed by atoms with Crippen LogP contribution in [0.25, 0.3) is 0 Å². The number of hydrogen-bond acceptors (Lipinski definition) is 3. The molecule has 110 valence electrons. The molecule has 21 heavy (non-hydrogen) atoms. The summed E-state index contributed by atoms with van der Waals surface area (Å²) in [4.78, 5) is 7.41. The molecule has 1 aromatic heterocycles. The van der Waals surface area contributed by atoms with Gasteiger partial charge in [-0.1, -0.05) is 12.8 Å². The average Bonchev–Trinajstić information content (AvgIpc) is 3.24. The largest absolute Gasteiger partial charge is 0.352 e. The van der Waals surface area contributed by atoms with Crippen LogP contribution in [-0.4, -0.2) is 17.6 Å². The first-order chi connectivity index (χ1) is 10.4. The van der Waals surface area contributed by atoms with Gasteiger partial charge in [0.15, 0.2) is 0 Å². The Morgan fingerprint density at radius 3 is 2.76 bits per heavy atom. The second-order valence-corrected chi connectivity index (χ2v) is 6.88. The lowest BCUT2D eigenvalue weighted by molar-refractivity contribution is 0.429. The van der Waals surface area contributed by atoms with E-state index in [-0.39, 0.29) is 0 Å². The molecule has 1 unspecified atom stereocenters. The fourth-order valence-electron chi connectivity index (χ4n) is 4.65. The molecule has 2 aliphatic carbocycles. The highest BCUT2D eigenvalue weighted by Crippen LogP contribution is 2.39. The molecular formula is C18H23N3. The third kappa shape index (κ3) is 2.21. The Morgan fingerprint density at radius 2 is 1.95 bits per heavy atom. The first-order valence-electron chi connectivity index (χ1n) is 8.56. The van der Waals surface area contributed by atoms with Crippen molar-refractivity contribution < 1.29 is 0 Å². The normalized spacial score (nSPS) is 25.3. The molecule has 1 aromatic rings. The van der Waals surface area contributed by atoms with Crippen LogP contribution in [0.15, 0.2) is 6.07 Å². The molecule has 2 fully saturated rings. The third-order valence-electron chi connectivity index (χ3n) is 5.67. The quantitative estimate of drug-likeness (QED) is 0.831. The smallest absolute Gasteiger partial charge is 0.147 e.